The van der Waals surface area contributed by atoms with Crippen molar-refractivity contribution in [2.75, 3.05) is 11.1 Å². The Hall–Kier alpha value is -2.95. The molecule has 0 aliphatic heterocycles. The minimum atomic E-state index is -3.24. The van der Waals surface area contributed by atoms with Crippen LogP contribution in [0.1, 0.15) is 18.1 Å². The summed E-state index contributed by atoms with van der Waals surface area (Å²) in [6.45, 7) is 1.60. The predicted octanol–water partition coefficient (Wildman–Crippen LogP) is 4.26. The highest BCUT2D eigenvalue weighted by Crippen LogP contribution is 2.29. The lowest BCUT2D eigenvalue weighted by Gasteiger charge is -2.05. The van der Waals surface area contributed by atoms with Gasteiger partial charge in [-0.1, -0.05) is 31.2 Å². The van der Waals surface area contributed by atoms with Crippen molar-refractivity contribution in [3.8, 4) is 17.2 Å². The second-order valence-corrected chi connectivity index (χ2v) is 9.35. The number of rotatable bonds is 6. The standard InChI is InChI=1S/C21H18N2O3S2/c1-2-28(25,26)19-9-5-15(6-10-19)11-20(24)23-21-12-18(14-27-21)17-7-3-16(13-22)4-8-17/h3-10,12,14H,2,11H2,1H3,(H,23,24). The zero-order valence-electron chi connectivity index (χ0n) is 15.2. The first kappa shape index (κ1) is 19.8. The number of anilines is 1. The van der Waals surface area contributed by atoms with E-state index in [-0.39, 0.29) is 23.0 Å². The lowest BCUT2D eigenvalue weighted by molar-refractivity contribution is -0.115. The van der Waals surface area contributed by atoms with Crippen LogP contribution >= 0.6 is 11.3 Å². The molecule has 1 aromatic heterocycles. The molecule has 28 heavy (non-hydrogen) atoms. The van der Waals surface area contributed by atoms with E-state index in [2.05, 4.69) is 11.4 Å². The first-order valence-electron chi connectivity index (χ1n) is 8.62. The first-order chi connectivity index (χ1) is 13.4. The van der Waals surface area contributed by atoms with Gasteiger partial charge in [0.25, 0.3) is 0 Å². The van der Waals surface area contributed by atoms with Gasteiger partial charge in [0, 0.05) is 5.38 Å². The number of nitrogens with zero attached hydrogens (tertiary/aromatic N) is 1. The van der Waals surface area contributed by atoms with E-state index in [0.717, 1.165) is 21.7 Å². The lowest BCUT2D eigenvalue weighted by Crippen LogP contribution is -2.13. The maximum absolute atomic E-state index is 12.3. The molecule has 7 heteroatoms. The van der Waals surface area contributed by atoms with Gasteiger partial charge in [0.1, 0.15) is 0 Å². The summed E-state index contributed by atoms with van der Waals surface area (Å²) in [5.41, 5.74) is 3.30. The highest BCUT2D eigenvalue weighted by molar-refractivity contribution is 7.91. The van der Waals surface area contributed by atoms with Crippen molar-refractivity contribution >= 4 is 32.1 Å². The molecule has 0 bridgehead atoms. The number of nitrogens with one attached hydrogen (secondary N) is 1. The van der Waals surface area contributed by atoms with Crippen LogP contribution in [0.3, 0.4) is 0 Å². The van der Waals surface area contributed by atoms with Gasteiger partial charge in [-0.3, -0.25) is 4.79 Å². The highest BCUT2D eigenvalue weighted by Gasteiger charge is 2.12. The normalized spacial score (nSPS) is 11.0. The molecule has 0 fully saturated rings. The van der Waals surface area contributed by atoms with E-state index < -0.39 is 9.84 Å². The molecule has 3 aromatic rings. The maximum atomic E-state index is 12.3. The maximum Gasteiger partial charge on any atom is 0.229 e. The van der Waals surface area contributed by atoms with Crippen LogP contribution in [0.25, 0.3) is 11.1 Å². The fraction of sp³-hybridized carbons (Fsp3) is 0.143. The molecular formula is C21H18N2O3S2. The molecule has 1 heterocycles. The number of carbonyl (C=O) groups is 1. The summed E-state index contributed by atoms with van der Waals surface area (Å²) < 4.78 is 23.7. The Morgan fingerprint density at radius 2 is 1.75 bits per heavy atom. The van der Waals surface area contributed by atoms with Crippen LogP contribution < -0.4 is 5.32 Å². The molecule has 2 aromatic carbocycles. The minimum Gasteiger partial charge on any atom is -0.317 e. The number of thiophene rings is 1. The zero-order chi connectivity index (χ0) is 20.1. The van der Waals surface area contributed by atoms with E-state index in [1.807, 2.05) is 23.6 Å². The number of carbonyl (C=O) groups excluding carboxylic acids is 1. The van der Waals surface area contributed by atoms with Crippen LogP contribution in [-0.4, -0.2) is 20.1 Å². The number of hydrogen-bond acceptors (Lipinski definition) is 5. The van der Waals surface area contributed by atoms with Gasteiger partial charge in [-0.25, -0.2) is 8.42 Å². The van der Waals surface area contributed by atoms with E-state index in [0.29, 0.717) is 5.56 Å². The zero-order valence-corrected chi connectivity index (χ0v) is 16.8. The van der Waals surface area contributed by atoms with Gasteiger partial charge in [-0.15, -0.1) is 11.3 Å². The van der Waals surface area contributed by atoms with E-state index in [9.17, 15) is 13.2 Å². The Bertz CT molecular complexity index is 1120. The van der Waals surface area contributed by atoms with E-state index in [1.54, 1.807) is 31.2 Å². The highest BCUT2D eigenvalue weighted by atomic mass is 32.2. The smallest absolute Gasteiger partial charge is 0.229 e. The van der Waals surface area contributed by atoms with Crippen LogP contribution in [0, 0.1) is 11.3 Å². The molecular weight excluding hydrogens is 392 g/mol. The molecule has 3 rings (SSSR count). The average molecular weight is 411 g/mol. The molecule has 0 unspecified atom stereocenters. The Morgan fingerprint density at radius 1 is 1.07 bits per heavy atom. The van der Waals surface area contributed by atoms with Crippen molar-refractivity contribution in [3.05, 3.63) is 71.1 Å². The van der Waals surface area contributed by atoms with Gasteiger partial charge >= 0.3 is 0 Å². The average Bonchev–Trinajstić information content (AvgIpc) is 3.16. The molecule has 0 saturated heterocycles. The number of benzene rings is 2. The summed E-state index contributed by atoms with van der Waals surface area (Å²) in [6, 6.07) is 17.6. The van der Waals surface area contributed by atoms with Crippen molar-refractivity contribution in [1.29, 1.82) is 5.26 Å². The van der Waals surface area contributed by atoms with Crippen LogP contribution in [0.4, 0.5) is 5.00 Å². The lowest BCUT2D eigenvalue weighted by atomic mass is 10.1. The fourth-order valence-electron chi connectivity index (χ4n) is 2.64. The third-order valence-corrected chi connectivity index (χ3v) is 6.83. The van der Waals surface area contributed by atoms with Gasteiger partial charge in [-0.2, -0.15) is 5.26 Å². The van der Waals surface area contributed by atoms with Crippen LogP contribution in [0.5, 0.6) is 0 Å². The summed E-state index contributed by atoms with van der Waals surface area (Å²) in [7, 11) is -3.24. The number of amides is 1. The third-order valence-electron chi connectivity index (χ3n) is 4.24. The van der Waals surface area contributed by atoms with Crippen molar-refractivity contribution < 1.29 is 13.2 Å². The molecule has 0 spiro atoms. The monoisotopic (exact) mass is 410 g/mol. The first-order valence-corrected chi connectivity index (χ1v) is 11.1. The molecule has 142 valence electrons. The Balaban J connectivity index is 1.64. The summed E-state index contributed by atoms with van der Waals surface area (Å²) in [5.74, 6) is -0.119. The molecule has 0 saturated carbocycles. The van der Waals surface area contributed by atoms with Crippen molar-refractivity contribution in [1.82, 2.24) is 0 Å². The van der Waals surface area contributed by atoms with Crippen molar-refractivity contribution in [3.63, 3.8) is 0 Å². The molecule has 0 aliphatic rings. The summed E-state index contributed by atoms with van der Waals surface area (Å²) in [5, 5.41) is 14.4. The largest absolute Gasteiger partial charge is 0.317 e. The number of sulfone groups is 1. The summed E-state index contributed by atoms with van der Waals surface area (Å²) in [6.07, 6.45) is 0.163. The predicted molar refractivity (Wildman–Crippen MR) is 111 cm³/mol. The summed E-state index contributed by atoms with van der Waals surface area (Å²) in [4.78, 5) is 12.6. The van der Waals surface area contributed by atoms with Crippen LogP contribution in [0.15, 0.2) is 64.9 Å². The Labute approximate surface area is 168 Å². The Kier molecular flexibility index (Phi) is 5.93. The van der Waals surface area contributed by atoms with Gasteiger partial charge < -0.3 is 5.32 Å². The third kappa shape index (κ3) is 4.66. The molecule has 0 aliphatic carbocycles. The second kappa shape index (κ2) is 8.38. The molecule has 1 amide bonds. The van der Waals surface area contributed by atoms with Crippen LogP contribution in [0.2, 0.25) is 0 Å². The minimum absolute atomic E-state index is 0.0484. The Morgan fingerprint density at radius 3 is 2.36 bits per heavy atom. The van der Waals surface area contributed by atoms with E-state index in [4.69, 9.17) is 5.26 Å². The van der Waals surface area contributed by atoms with Crippen molar-refractivity contribution in [2.45, 2.75) is 18.2 Å². The SMILES string of the molecule is CCS(=O)(=O)c1ccc(CC(=O)Nc2cc(-c3ccc(C#N)cc3)cs2)cc1. The van der Waals surface area contributed by atoms with Gasteiger partial charge in [0.15, 0.2) is 9.84 Å². The van der Waals surface area contributed by atoms with Gasteiger partial charge in [0.05, 0.1) is 33.7 Å². The second-order valence-electron chi connectivity index (χ2n) is 6.16. The quantitative estimate of drug-likeness (QED) is 0.658. The van der Waals surface area contributed by atoms with Gasteiger partial charge in [0.2, 0.25) is 5.91 Å². The fourth-order valence-corrected chi connectivity index (χ4v) is 4.35. The van der Waals surface area contributed by atoms with Crippen molar-refractivity contribution in [2.24, 2.45) is 0 Å². The van der Waals surface area contributed by atoms with Gasteiger partial charge in [-0.05, 0) is 47.0 Å². The van der Waals surface area contributed by atoms with Crippen LogP contribution in [-0.2, 0) is 21.1 Å². The molecule has 1 N–H and O–H groups in total. The molecule has 5 nitrogen and oxygen atoms in total. The van der Waals surface area contributed by atoms with E-state index in [1.165, 1.54) is 23.5 Å². The topological polar surface area (TPSA) is 87.0 Å². The summed E-state index contributed by atoms with van der Waals surface area (Å²) >= 11 is 1.43. The number of nitriles is 1. The molecule has 0 radical (unpaired) electrons. The molecule has 0 atom stereocenters. The van der Waals surface area contributed by atoms with E-state index >= 15 is 0 Å². The number of hydrogen-bond donors (Lipinski definition) is 1.